The van der Waals surface area contributed by atoms with Crippen molar-refractivity contribution in [1.29, 1.82) is 0 Å². The fraction of sp³-hybridized carbons (Fsp3) is 0. The summed E-state index contributed by atoms with van der Waals surface area (Å²) >= 11 is 0. The first-order valence-electron chi connectivity index (χ1n) is 20.0. The van der Waals surface area contributed by atoms with E-state index < -0.39 is 0 Å². The lowest BCUT2D eigenvalue weighted by molar-refractivity contribution is 0.623. The summed E-state index contributed by atoms with van der Waals surface area (Å²) in [7, 11) is 0. The number of rotatable bonds is 6. The second kappa shape index (κ2) is 13.7. The van der Waals surface area contributed by atoms with Gasteiger partial charge in [0, 0.05) is 38.4 Å². The monoisotopic (exact) mass is 768 g/mol. The molecule has 0 saturated carbocycles. The molecule has 280 valence electrons. The van der Waals surface area contributed by atoms with Crippen molar-refractivity contribution in [3.05, 3.63) is 194 Å². The predicted octanol–water partition coefficient (Wildman–Crippen LogP) is 14.2. The van der Waals surface area contributed by atoms with Crippen molar-refractivity contribution >= 4 is 54.6 Å². The van der Waals surface area contributed by atoms with Crippen LogP contribution in [0, 0.1) is 0 Å². The third kappa shape index (κ3) is 5.65. The Morgan fingerprint density at radius 2 is 0.950 bits per heavy atom. The Bertz CT molecular complexity index is 3610. The van der Waals surface area contributed by atoms with Crippen LogP contribution in [-0.4, -0.2) is 19.9 Å². The van der Waals surface area contributed by atoms with Crippen LogP contribution in [-0.2, 0) is 0 Å². The lowest BCUT2D eigenvalue weighted by Gasteiger charge is -2.14. The molecule has 6 heteroatoms. The maximum Gasteiger partial charge on any atom is 0.227 e. The van der Waals surface area contributed by atoms with E-state index in [9.17, 15) is 0 Å². The van der Waals surface area contributed by atoms with Crippen LogP contribution < -0.4 is 0 Å². The summed E-state index contributed by atoms with van der Waals surface area (Å²) in [5.74, 6) is 2.19. The van der Waals surface area contributed by atoms with Crippen LogP contribution in [0.25, 0.3) is 122 Å². The third-order valence-corrected chi connectivity index (χ3v) is 11.4. The van der Waals surface area contributed by atoms with Crippen LogP contribution in [0.2, 0.25) is 0 Å². The van der Waals surface area contributed by atoms with Crippen molar-refractivity contribution in [3.63, 3.8) is 0 Å². The van der Waals surface area contributed by atoms with E-state index in [1.54, 1.807) is 0 Å². The summed E-state index contributed by atoms with van der Waals surface area (Å²) in [6.45, 7) is 0. The number of hydrogen-bond acceptors (Lipinski definition) is 6. The highest BCUT2D eigenvalue weighted by Gasteiger charge is 2.22. The van der Waals surface area contributed by atoms with Crippen LogP contribution in [0.3, 0.4) is 0 Å². The maximum absolute atomic E-state index is 6.63. The van der Waals surface area contributed by atoms with Gasteiger partial charge < -0.3 is 8.83 Å². The molecule has 0 aliphatic carbocycles. The fourth-order valence-corrected chi connectivity index (χ4v) is 8.50. The van der Waals surface area contributed by atoms with E-state index in [2.05, 4.69) is 127 Å². The predicted molar refractivity (Wildman–Crippen MR) is 242 cm³/mol. The summed E-state index contributed by atoms with van der Waals surface area (Å²) < 4.78 is 13.0. The van der Waals surface area contributed by atoms with Crippen molar-refractivity contribution < 1.29 is 8.83 Å². The van der Waals surface area contributed by atoms with Gasteiger partial charge in [0.05, 0.1) is 0 Å². The molecule has 3 aromatic heterocycles. The average Bonchev–Trinajstić information content (AvgIpc) is 3.94. The number of fused-ring (bicyclic) bond motifs is 7. The Balaban J connectivity index is 1.15. The Kier molecular flexibility index (Phi) is 7.74. The van der Waals surface area contributed by atoms with E-state index in [1.165, 1.54) is 0 Å². The summed E-state index contributed by atoms with van der Waals surface area (Å²) in [4.78, 5) is 21.0. The minimum atomic E-state index is 0.526. The fourth-order valence-electron chi connectivity index (χ4n) is 8.50. The first-order chi connectivity index (χ1) is 29.7. The minimum Gasteiger partial charge on any atom is -0.456 e. The molecule has 6 nitrogen and oxygen atoms in total. The van der Waals surface area contributed by atoms with Crippen LogP contribution in [0.4, 0.5) is 0 Å². The van der Waals surface area contributed by atoms with Crippen molar-refractivity contribution in [2.45, 2.75) is 0 Å². The van der Waals surface area contributed by atoms with Crippen LogP contribution in [0.1, 0.15) is 0 Å². The molecule has 0 fully saturated rings. The highest BCUT2D eigenvalue weighted by molar-refractivity contribution is 6.13. The minimum absolute atomic E-state index is 0.526. The van der Waals surface area contributed by atoms with Gasteiger partial charge in [-0.25, -0.2) is 19.9 Å². The van der Waals surface area contributed by atoms with Crippen molar-refractivity contribution in [3.8, 4) is 67.9 Å². The number of aromatic nitrogens is 4. The second-order valence-electron chi connectivity index (χ2n) is 15.0. The first kappa shape index (κ1) is 33.9. The van der Waals surface area contributed by atoms with Crippen LogP contribution in [0.5, 0.6) is 0 Å². The molecule has 0 spiro atoms. The summed E-state index contributed by atoms with van der Waals surface area (Å²) in [6.07, 6.45) is 0. The molecule has 3 heterocycles. The largest absolute Gasteiger partial charge is 0.456 e. The Morgan fingerprint density at radius 1 is 0.317 bits per heavy atom. The number of para-hydroxylation sites is 1. The number of benzene rings is 9. The van der Waals surface area contributed by atoms with E-state index in [4.69, 9.17) is 28.8 Å². The summed E-state index contributed by atoms with van der Waals surface area (Å²) in [5.41, 5.74) is 10.9. The van der Waals surface area contributed by atoms with E-state index in [0.717, 1.165) is 88.0 Å². The molecule has 0 unspecified atom stereocenters. The van der Waals surface area contributed by atoms with Crippen LogP contribution >= 0.6 is 0 Å². The van der Waals surface area contributed by atoms with E-state index in [-0.39, 0.29) is 0 Å². The molecule has 0 aliphatic rings. The van der Waals surface area contributed by atoms with E-state index in [1.807, 2.05) is 66.7 Å². The van der Waals surface area contributed by atoms with Gasteiger partial charge >= 0.3 is 0 Å². The quantitative estimate of drug-likeness (QED) is 0.168. The van der Waals surface area contributed by atoms with Gasteiger partial charge in [0.15, 0.2) is 23.1 Å². The molecular formula is C54H32N4O2. The van der Waals surface area contributed by atoms with E-state index in [0.29, 0.717) is 34.5 Å². The molecule has 9 aromatic carbocycles. The Hall–Kier alpha value is -8.22. The van der Waals surface area contributed by atoms with Crippen molar-refractivity contribution in [2.75, 3.05) is 0 Å². The molecule has 60 heavy (non-hydrogen) atoms. The highest BCUT2D eigenvalue weighted by atomic mass is 16.3. The SMILES string of the molecule is c1ccc(-c2nc3cc(-c4nc(-c5ccc6ccccc6c5)nc(-c5cccc6oc7ccccc7c56)n4)c4cc(-c5ccccc5-c5ccccc5)ccc4c3o2)cc1. The molecule has 0 aliphatic heterocycles. The molecule has 0 atom stereocenters. The Labute approximate surface area is 344 Å². The zero-order valence-corrected chi connectivity index (χ0v) is 32.1. The van der Waals surface area contributed by atoms with Gasteiger partial charge in [0.2, 0.25) is 5.89 Å². The smallest absolute Gasteiger partial charge is 0.227 e. The molecule has 0 bridgehead atoms. The van der Waals surface area contributed by atoms with Gasteiger partial charge in [-0.3, -0.25) is 0 Å². The second-order valence-corrected chi connectivity index (χ2v) is 15.0. The van der Waals surface area contributed by atoms with Gasteiger partial charge in [-0.15, -0.1) is 0 Å². The first-order valence-corrected chi connectivity index (χ1v) is 20.0. The summed E-state index contributed by atoms with van der Waals surface area (Å²) in [5, 5.41) is 6.06. The number of hydrogen-bond donors (Lipinski definition) is 0. The standard InChI is InChI=1S/C54H32N4O2/c1-3-15-34(16-4-1)39-20-9-10-21-40(39)37-28-29-41-44(31-37)45(32-46-50(41)60-54(55-46)35-17-5-2-6-18-35)53-57-51(38-27-26-33-14-7-8-19-36(33)30-38)56-52(58-53)43-23-13-25-48-49(43)42-22-11-12-24-47(42)59-48/h1-32H. The van der Waals surface area contributed by atoms with Gasteiger partial charge in [-0.1, -0.05) is 146 Å². The molecule has 0 amide bonds. The van der Waals surface area contributed by atoms with Gasteiger partial charge in [-0.05, 0) is 86.9 Å². The number of oxazole rings is 1. The number of furan rings is 1. The maximum atomic E-state index is 6.63. The molecule has 0 N–H and O–H groups in total. The van der Waals surface area contributed by atoms with Gasteiger partial charge in [0.25, 0.3) is 0 Å². The molecular weight excluding hydrogens is 737 g/mol. The van der Waals surface area contributed by atoms with Crippen LogP contribution in [0.15, 0.2) is 203 Å². The zero-order valence-electron chi connectivity index (χ0n) is 32.1. The topological polar surface area (TPSA) is 77.8 Å². The zero-order chi connectivity index (χ0) is 39.6. The third-order valence-electron chi connectivity index (χ3n) is 11.4. The molecule has 12 aromatic rings. The highest BCUT2D eigenvalue weighted by Crippen LogP contribution is 2.42. The van der Waals surface area contributed by atoms with Gasteiger partial charge in [-0.2, -0.15) is 0 Å². The summed E-state index contributed by atoms with van der Waals surface area (Å²) in [6, 6.07) is 66.5. The molecule has 12 rings (SSSR count). The van der Waals surface area contributed by atoms with Crippen molar-refractivity contribution in [2.24, 2.45) is 0 Å². The lowest BCUT2D eigenvalue weighted by atomic mass is 9.92. The number of nitrogens with zero attached hydrogens (tertiary/aromatic N) is 4. The average molecular weight is 769 g/mol. The van der Waals surface area contributed by atoms with Crippen molar-refractivity contribution in [1.82, 2.24) is 19.9 Å². The normalized spacial score (nSPS) is 11.7. The van der Waals surface area contributed by atoms with E-state index >= 15 is 0 Å². The van der Waals surface area contributed by atoms with Gasteiger partial charge in [0.1, 0.15) is 16.7 Å². The molecule has 0 radical (unpaired) electrons. The Morgan fingerprint density at radius 3 is 1.78 bits per heavy atom. The lowest BCUT2D eigenvalue weighted by Crippen LogP contribution is -2.01. The molecule has 0 saturated heterocycles.